The smallest absolute Gasteiger partial charge is 0.328 e. The van der Waals surface area contributed by atoms with Gasteiger partial charge < -0.3 is 5.11 Å². The Hall–Kier alpha value is -1.36. The second-order valence-electron chi connectivity index (χ2n) is 3.35. The van der Waals surface area contributed by atoms with Crippen molar-refractivity contribution in [3.8, 4) is 0 Å². The first-order valence-corrected chi connectivity index (χ1v) is 4.09. The van der Waals surface area contributed by atoms with E-state index in [1.54, 1.807) is 6.92 Å². The van der Waals surface area contributed by atoms with Crippen LogP contribution < -0.4 is 11.2 Å². The van der Waals surface area contributed by atoms with Crippen LogP contribution in [0.3, 0.4) is 0 Å². The summed E-state index contributed by atoms with van der Waals surface area (Å²) in [5, 5.41) is 9.11. The quantitative estimate of drug-likeness (QED) is 0.594. The number of rotatable bonds is 1. The van der Waals surface area contributed by atoms with Crippen molar-refractivity contribution in [1.29, 1.82) is 0 Å². The Bertz CT molecular complexity index is 445. The fraction of sp³-hybridized carbons (Fsp3) is 0.500. The molecule has 1 aromatic heterocycles. The summed E-state index contributed by atoms with van der Waals surface area (Å²) in [6.45, 7) is 1.63. The highest BCUT2D eigenvalue weighted by atomic mass is 16.3. The van der Waals surface area contributed by atoms with Crippen molar-refractivity contribution in [2.75, 3.05) is 0 Å². The summed E-state index contributed by atoms with van der Waals surface area (Å²) < 4.78 is 1.38. The van der Waals surface area contributed by atoms with E-state index >= 15 is 0 Å². The molecule has 1 aliphatic carbocycles. The molecule has 2 N–H and O–H groups in total. The van der Waals surface area contributed by atoms with Crippen molar-refractivity contribution in [3.63, 3.8) is 0 Å². The summed E-state index contributed by atoms with van der Waals surface area (Å²) in [7, 11) is 0. The zero-order valence-electron chi connectivity index (χ0n) is 7.15. The van der Waals surface area contributed by atoms with E-state index in [0.717, 1.165) is 0 Å². The van der Waals surface area contributed by atoms with Gasteiger partial charge in [-0.1, -0.05) is 0 Å². The number of hydrogen-bond donors (Lipinski definition) is 2. The minimum Gasteiger partial charge on any atom is -0.391 e. The van der Waals surface area contributed by atoms with Gasteiger partial charge in [-0.15, -0.1) is 0 Å². The molecule has 0 saturated heterocycles. The van der Waals surface area contributed by atoms with E-state index in [2.05, 4.69) is 4.98 Å². The van der Waals surface area contributed by atoms with Crippen molar-refractivity contribution in [2.24, 2.45) is 0 Å². The normalized spacial score (nSPS) is 26.0. The third kappa shape index (κ3) is 1.31. The Labute approximate surface area is 73.7 Å². The van der Waals surface area contributed by atoms with E-state index < -0.39 is 11.8 Å². The zero-order chi connectivity index (χ0) is 9.59. The Balaban J connectivity index is 2.53. The van der Waals surface area contributed by atoms with Gasteiger partial charge in [0.25, 0.3) is 5.56 Å². The average molecular weight is 182 g/mol. The van der Waals surface area contributed by atoms with Crippen LogP contribution in [0.15, 0.2) is 15.8 Å². The molecular formula is C8H10N2O3. The maximum Gasteiger partial charge on any atom is 0.328 e. The molecule has 1 aromatic rings. The van der Waals surface area contributed by atoms with Gasteiger partial charge in [-0.2, -0.15) is 0 Å². The molecule has 0 aliphatic heterocycles. The van der Waals surface area contributed by atoms with Crippen LogP contribution in [0.1, 0.15) is 18.0 Å². The van der Waals surface area contributed by atoms with E-state index in [-0.39, 0.29) is 11.6 Å². The maximum atomic E-state index is 11.2. The highest BCUT2D eigenvalue weighted by Crippen LogP contribution is 2.33. The lowest BCUT2D eigenvalue weighted by Gasteiger charge is -2.02. The fourth-order valence-corrected chi connectivity index (χ4v) is 1.30. The third-order valence-electron chi connectivity index (χ3n) is 2.23. The summed E-state index contributed by atoms with van der Waals surface area (Å²) in [5.41, 5.74) is -0.327. The number of H-pyrrole nitrogens is 1. The molecule has 0 spiro atoms. The number of hydrogen-bond acceptors (Lipinski definition) is 3. The molecule has 5 heteroatoms. The predicted molar refractivity (Wildman–Crippen MR) is 45.7 cm³/mol. The highest BCUT2D eigenvalue weighted by molar-refractivity contribution is 5.05. The van der Waals surface area contributed by atoms with Crippen LogP contribution in [0, 0.1) is 6.92 Å². The first-order valence-electron chi connectivity index (χ1n) is 4.09. The summed E-state index contributed by atoms with van der Waals surface area (Å²) in [4.78, 5) is 24.4. The van der Waals surface area contributed by atoms with Crippen LogP contribution in [0.5, 0.6) is 0 Å². The van der Waals surface area contributed by atoms with E-state index in [9.17, 15) is 9.59 Å². The largest absolute Gasteiger partial charge is 0.391 e. The lowest BCUT2D eigenvalue weighted by Crippen LogP contribution is -2.30. The molecule has 1 aliphatic rings. The Morgan fingerprint density at radius 2 is 2.23 bits per heavy atom. The van der Waals surface area contributed by atoms with Crippen LogP contribution >= 0.6 is 0 Å². The number of aliphatic hydroxyl groups excluding tert-OH is 1. The Morgan fingerprint density at radius 3 is 2.77 bits per heavy atom. The molecule has 1 heterocycles. The number of aliphatic hydroxyl groups is 1. The SMILES string of the molecule is Cc1cn([C@H]2C[C@@H]2O)c(=O)[nH]c1=O. The number of aromatic nitrogens is 2. The fourth-order valence-electron chi connectivity index (χ4n) is 1.30. The molecule has 0 radical (unpaired) electrons. The lowest BCUT2D eigenvalue weighted by molar-refractivity contribution is 0.258. The summed E-state index contributed by atoms with van der Waals surface area (Å²) in [5.74, 6) is 0. The number of nitrogens with zero attached hydrogens (tertiary/aromatic N) is 1. The molecule has 1 fully saturated rings. The van der Waals surface area contributed by atoms with Crippen LogP contribution in [0.25, 0.3) is 0 Å². The van der Waals surface area contributed by atoms with Crippen LogP contribution in [-0.2, 0) is 0 Å². The van der Waals surface area contributed by atoms with Gasteiger partial charge in [0.15, 0.2) is 0 Å². The van der Waals surface area contributed by atoms with Crippen molar-refractivity contribution in [1.82, 2.24) is 9.55 Å². The van der Waals surface area contributed by atoms with E-state index in [4.69, 9.17) is 5.11 Å². The second kappa shape index (κ2) is 2.56. The molecule has 2 rings (SSSR count). The van der Waals surface area contributed by atoms with E-state index in [1.165, 1.54) is 10.8 Å². The molecule has 0 unspecified atom stereocenters. The minimum absolute atomic E-state index is 0.150. The van der Waals surface area contributed by atoms with Gasteiger partial charge in [-0.25, -0.2) is 4.79 Å². The third-order valence-corrected chi connectivity index (χ3v) is 2.23. The number of aryl methyl sites for hydroxylation is 1. The molecular weight excluding hydrogens is 172 g/mol. The second-order valence-corrected chi connectivity index (χ2v) is 3.35. The Kier molecular flexibility index (Phi) is 1.63. The van der Waals surface area contributed by atoms with Crippen LogP contribution in [0.2, 0.25) is 0 Å². The zero-order valence-corrected chi connectivity index (χ0v) is 7.15. The van der Waals surface area contributed by atoms with Gasteiger partial charge in [-0.3, -0.25) is 14.3 Å². The first kappa shape index (κ1) is 8.25. The van der Waals surface area contributed by atoms with Crippen molar-refractivity contribution < 1.29 is 5.11 Å². The van der Waals surface area contributed by atoms with Gasteiger partial charge in [0.1, 0.15) is 0 Å². The molecule has 0 amide bonds. The molecule has 5 nitrogen and oxygen atoms in total. The Morgan fingerprint density at radius 1 is 1.62 bits per heavy atom. The summed E-state index contributed by atoms with van der Waals surface area (Å²) >= 11 is 0. The van der Waals surface area contributed by atoms with Crippen LogP contribution in [-0.4, -0.2) is 20.8 Å². The van der Waals surface area contributed by atoms with Gasteiger partial charge in [-0.05, 0) is 13.3 Å². The summed E-state index contributed by atoms with van der Waals surface area (Å²) in [6, 6.07) is -0.150. The van der Waals surface area contributed by atoms with Gasteiger partial charge >= 0.3 is 5.69 Å². The predicted octanol–water partition coefficient (Wildman–Crippen LogP) is -0.849. The number of aromatic amines is 1. The van der Waals surface area contributed by atoms with Gasteiger partial charge in [0, 0.05) is 11.8 Å². The summed E-state index contributed by atoms with van der Waals surface area (Å²) in [6.07, 6.45) is 1.64. The highest BCUT2D eigenvalue weighted by Gasteiger charge is 2.37. The van der Waals surface area contributed by atoms with Gasteiger partial charge in [0.05, 0.1) is 12.1 Å². The molecule has 0 bridgehead atoms. The molecule has 13 heavy (non-hydrogen) atoms. The van der Waals surface area contributed by atoms with Crippen LogP contribution in [0.4, 0.5) is 0 Å². The van der Waals surface area contributed by atoms with E-state index in [1.807, 2.05) is 0 Å². The average Bonchev–Trinajstić information content (AvgIpc) is 2.75. The van der Waals surface area contributed by atoms with Crippen molar-refractivity contribution >= 4 is 0 Å². The van der Waals surface area contributed by atoms with Crippen molar-refractivity contribution in [3.05, 3.63) is 32.6 Å². The lowest BCUT2D eigenvalue weighted by atomic mass is 10.4. The molecule has 1 saturated carbocycles. The number of nitrogens with one attached hydrogen (secondary N) is 1. The topological polar surface area (TPSA) is 75.1 Å². The molecule has 2 atom stereocenters. The standard InChI is InChI=1S/C8H10N2O3/c1-4-3-10(5-2-6(5)11)8(13)9-7(4)12/h3,5-6,11H,2H2,1H3,(H,9,12,13)/t5-,6-/m0/s1. The molecule has 70 valence electrons. The monoisotopic (exact) mass is 182 g/mol. The maximum absolute atomic E-state index is 11.2. The van der Waals surface area contributed by atoms with Gasteiger partial charge in [0.2, 0.25) is 0 Å². The van der Waals surface area contributed by atoms with Crippen molar-refractivity contribution in [2.45, 2.75) is 25.5 Å². The molecule has 0 aromatic carbocycles. The first-order chi connectivity index (χ1) is 6.09. The minimum atomic E-state index is -0.447. The van der Waals surface area contributed by atoms with E-state index in [0.29, 0.717) is 12.0 Å².